The Bertz CT molecular complexity index is 1000. The molecule has 0 saturated carbocycles. The molecule has 5 heteroatoms. The summed E-state index contributed by atoms with van der Waals surface area (Å²) in [6.45, 7) is 4.53. The Morgan fingerprint density at radius 3 is 1.44 bits per heavy atom. The number of fused-ring (bicyclic) bond motifs is 1. The fraction of sp³-hybridized carbons (Fsp3) is 0.706. The molecule has 0 bridgehead atoms. The first-order valence-electron chi connectivity index (χ1n) is 16.0. The van der Waals surface area contributed by atoms with Crippen LogP contribution in [-0.4, -0.2) is 13.0 Å². The topological polar surface area (TPSA) is 57.2 Å². The molecule has 0 aliphatic rings. The molecule has 0 radical (unpaired) electrons. The summed E-state index contributed by atoms with van der Waals surface area (Å²) in [7, 11) is -4.46. The quantitative estimate of drug-likeness (QED) is 0.0767. The Kier molecular flexibility index (Phi) is 21.8. The van der Waals surface area contributed by atoms with Crippen LogP contribution in [0.3, 0.4) is 0 Å². The van der Waals surface area contributed by atoms with Gasteiger partial charge >= 0.3 is 51.4 Å². The molecular weight excluding hydrogens is 528 g/mol. The summed E-state index contributed by atoms with van der Waals surface area (Å²) in [6.07, 6.45) is 28.3. The van der Waals surface area contributed by atoms with Crippen molar-refractivity contribution >= 4 is 20.9 Å². The van der Waals surface area contributed by atoms with Crippen molar-refractivity contribution < 1.29 is 64.4 Å². The molecule has 0 heterocycles. The van der Waals surface area contributed by atoms with Crippen LogP contribution < -0.4 is 51.4 Å². The van der Waals surface area contributed by atoms with Gasteiger partial charge in [0.1, 0.15) is 10.1 Å². The first-order chi connectivity index (χ1) is 18.5. The van der Waals surface area contributed by atoms with Gasteiger partial charge in [0.05, 0.1) is 4.90 Å². The zero-order chi connectivity index (χ0) is 27.5. The van der Waals surface area contributed by atoms with Crippen molar-refractivity contribution in [1.82, 2.24) is 0 Å². The SMILES string of the molecule is CCCCCCCCCCCCc1ccc2ccc(S(=O)(=O)[O-])cc2c1CCCCCCCCCCCC.[K+]. The van der Waals surface area contributed by atoms with E-state index in [9.17, 15) is 13.0 Å². The number of rotatable bonds is 23. The van der Waals surface area contributed by atoms with E-state index in [0.717, 1.165) is 30.0 Å². The molecule has 39 heavy (non-hydrogen) atoms. The second-order valence-electron chi connectivity index (χ2n) is 11.4. The van der Waals surface area contributed by atoms with Crippen molar-refractivity contribution in [3.05, 3.63) is 41.5 Å². The van der Waals surface area contributed by atoms with Gasteiger partial charge in [-0.2, -0.15) is 0 Å². The Morgan fingerprint density at radius 2 is 0.974 bits per heavy atom. The van der Waals surface area contributed by atoms with Gasteiger partial charge < -0.3 is 4.55 Å². The predicted octanol–water partition coefficient (Wildman–Crippen LogP) is 7.67. The van der Waals surface area contributed by atoms with Crippen molar-refractivity contribution in [1.29, 1.82) is 0 Å². The molecule has 3 nitrogen and oxygen atoms in total. The summed E-state index contributed by atoms with van der Waals surface area (Å²) in [5.41, 5.74) is 2.61. The predicted molar refractivity (Wildman–Crippen MR) is 163 cm³/mol. The average molecular weight is 583 g/mol. The minimum atomic E-state index is -4.46. The molecule has 0 amide bonds. The van der Waals surface area contributed by atoms with Crippen molar-refractivity contribution in [3.63, 3.8) is 0 Å². The van der Waals surface area contributed by atoms with Gasteiger partial charge in [-0.3, -0.25) is 0 Å². The van der Waals surface area contributed by atoms with Crippen molar-refractivity contribution in [2.75, 3.05) is 0 Å². The van der Waals surface area contributed by atoms with E-state index in [2.05, 4.69) is 26.0 Å². The summed E-state index contributed by atoms with van der Waals surface area (Å²) in [5.74, 6) is 0. The molecule has 0 aliphatic carbocycles. The summed E-state index contributed by atoms with van der Waals surface area (Å²) < 4.78 is 35.2. The van der Waals surface area contributed by atoms with Crippen LogP contribution >= 0.6 is 0 Å². The minimum absolute atomic E-state index is 0. The van der Waals surface area contributed by atoms with Crippen LogP contribution in [0, 0.1) is 0 Å². The molecule has 2 rings (SSSR count). The largest absolute Gasteiger partial charge is 1.00 e. The second kappa shape index (κ2) is 22.8. The Balaban J connectivity index is 0.00000760. The maximum absolute atomic E-state index is 11.7. The van der Waals surface area contributed by atoms with E-state index in [1.807, 2.05) is 0 Å². The molecule has 0 spiro atoms. The molecule has 0 unspecified atom stereocenters. The third kappa shape index (κ3) is 15.9. The Hall–Kier alpha value is 0.246. The molecule has 0 N–H and O–H groups in total. The first kappa shape index (κ1) is 37.3. The fourth-order valence-corrected chi connectivity index (χ4v) is 6.18. The summed E-state index contributed by atoms with van der Waals surface area (Å²) in [5, 5.41) is 1.99. The number of aryl methyl sites for hydroxylation is 2. The number of benzene rings is 2. The smallest absolute Gasteiger partial charge is 0.744 e. The second-order valence-corrected chi connectivity index (χ2v) is 12.8. The zero-order valence-electron chi connectivity index (χ0n) is 25.6. The molecule has 0 fully saturated rings. The van der Waals surface area contributed by atoms with Crippen LogP contribution in [0.1, 0.15) is 153 Å². The number of hydrogen-bond donors (Lipinski definition) is 0. The number of unbranched alkanes of at least 4 members (excludes halogenated alkanes) is 18. The Labute approximate surface area is 283 Å². The standard InChI is InChI=1S/C34H56O3S.K/c1-3-5-7-9-11-13-15-17-19-21-23-30-25-26-31-27-28-32(38(35,36)37)29-34(31)33(30)24-22-20-18-16-14-12-10-8-6-4-2;/h25-29H,3-24H2,1-2H3,(H,35,36,37);/q;+1/p-1. The molecule has 2 aromatic carbocycles. The van der Waals surface area contributed by atoms with Crippen LogP contribution in [-0.2, 0) is 23.0 Å². The van der Waals surface area contributed by atoms with Gasteiger partial charge in [-0.15, -0.1) is 0 Å². The van der Waals surface area contributed by atoms with Gasteiger partial charge in [-0.1, -0.05) is 148 Å². The van der Waals surface area contributed by atoms with E-state index in [4.69, 9.17) is 0 Å². The van der Waals surface area contributed by atoms with Gasteiger partial charge in [0.25, 0.3) is 0 Å². The molecule has 0 aliphatic heterocycles. The third-order valence-corrected chi connectivity index (χ3v) is 8.90. The van der Waals surface area contributed by atoms with E-state index in [-0.39, 0.29) is 56.3 Å². The van der Waals surface area contributed by atoms with E-state index in [1.54, 1.807) is 12.1 Å². The van der Waals surface area contributed by atoms with Gasteiger partial charge in [0, 0.05) is 0 Å². The molecule has 0 saturated heterocycles. The Morgan fingerprint density at radius 1 is 0.564 bits per heavy atom. The first-order valence-corrected chi connectivity index (χ1v) is 17.4. The van der Waals surface area contributed by atoms with E-state index in [0.29, 0.717) is 0 Å². The molecule has 0 atom stereocenters. The minimum Gasteiger partial charge on any atom is -0.744 e. The van der Waals surface area contributed by atoms with Crippen LogP contribution in [0.15, 0.2) is 35.2 Å². The van der Waals surface area contributed by atoms with Crippen LogP contribution in [0.25, 0.3) is 10.8 Å². The maximum atomic E-state index is 11.7. The van der Waals surface area contributed by atoms with Gasteiger partial charge in [-0.25, -0.2) is 8.42 Å². The van der Waals surface area contributed by atoms with Gasteiger partial charge in [-0.05, 0) is 59.7 Å². The molecular formula is C34H55KO3S. The van der Waals surface area contributed by atoms with Crippen molar-refractivity contribution in [3.8, 4) is 0 Å². The monoisotopic (exact) mass is 582 g/mol. The van der Waals surface area contributed by atoms with Crippen LogP contribution in [0.2, 0.25) is 0 Å². The van der Waals surface area contributed by atoms with E-state index >= 15 is 0 Å². The van der Waals surface area contributed by atoms with Crippen LogP contribution in [0.5, 0.6) is 0 Å². The average Bonchev–Trinajstić information content (AvgIpc) is 2.90. The van der Waals surface area contributed by atoms with E-state index in [1.165, 1.54) is 139 Å². The van der Waals surface area contributed by atoms with Gasteiger partial charge in [0.15, 0.2) is 0 Å². The zero-order valence-corrected chi connectivity index (χ0v) is 29.5. The van der Waals surface area contributed by atoms with Crippen LogP contribution in [0.4, 0.5) is 0 Å². The molecule has 2 aromatic rings. The maximum Gasteiger partial charge on any atom is 1.00 e. The molecule has 216 valence electrons. The van der Waals surface area contributed by atoms with Crippen molar-refractivity contribution in [2.45, 2.75) is 160 Å². The summed E-state index contributed by atoms with van der Waals surface area (Å²) in [6, 6.07) is 9.23. The number of hydrogen-bond acceptors (Lipinski definition) is 3. The summed E-state index contributed by atoms with van der Waals surface area (Å²) >= 11 is 0. The normalized spacial score (nSPS) is 11.7. The summed E-state index contributed by atoms with van der Waals surface area (Å²) in [4.78, 5) is -0.106. The van der Waals surface area contributed by atoms with Crippen molar-refractivity contribution in [2.24, 2.45) is 0 Å². The van der Waals surface area contributed by atoms with E-state index < -0.39 is 10.1 Å². The van der Waals surface area contributed by atoms with Gasteiger partial charge in [0.2, 0.25) is 0 Å². The molecule has 0 aromatic heterocycles. The fourth-order valence-electron chi connectivity index (χ4n) is 5.68. The third-order valence-electron chi connectivity index (χ3n) is 8.07.